The molecule has 1 fully saturated rings. The van der Waals surface area contributed by atoms with Gasteiger partial charge in [-0.1, -0.05) is 13.8 Å². The highest BCUT2D eigenvalue weighted by Gasteiger charge is 2.27. The van der Waals surface area contributed by atoms with Crippen molar-refractivity contribution in [3.05, 3.63) is 16.5 Å². The van der Waals surface area contributed by atoms with Gasteiger partial charge < -0.3 is 9.64 Å². The lowest BCUT2D eigenvalue weighted by atomic mass is 10.1. The minimum absolute atomic E-state index is 0.291. The summed E-state index contributed by atoms with van der Waals surface area (Å²) < 4.78 is 31.2. The Bertz CT molecular complexity index is 661. The van der Waals surface area contributed by atoms with E-state index in [9.17, 15) is 8.42 Å². The largest absolute Gasteiger partial charge is 0.481 e. The van der Waals surface area contributed by atoms with Gasteiger partial charge in [0.2, 0.25) is 10.0 Å². The van der Waals surface area contributed by atoms with E-state index in [2.05, 4.69) is 24.8 Å². The third kappa shape index (κ3) is 4.50. The fourth-order valence-corrected chi connectivity index (χ4v) is 5.51. The van der Waals surface area contributed by atoms with Crippen LogP contribution in [-0.4, -0.2) is 56.2 Å². The van der Waals surface area contributed by atoms with Crippen LogP contribution in [0.25, 0.3) is 0 Å². The second kappa shape index (κ2) is 7.32. The topological polar surface area (TPSA) is 49.9 Å². The molecule has 0 N–H and O–H groups in total. The molecule has 2 aliphatic heterocycles. The SMILES string of the molecule is CC(C)CN1CCC(Oc2cc3c(s2)CN(S(C)(=O)=O)CC3)CC1. The molecule has 1 aromatic rings. The Morgan fingerprint density at radius 1 is 1.29 bits per heavy atom. The van der Waals surface area contributed by atoms with Crippen LogP contribution in [0.15, 0.2) is 6.07 Å². The zero-order valence-corrected chi connectivity index (χ0v) is 16.5. The highest BCUT2D eigenvalue weighted by molar-refractivity contribution is 7.88. The zero-order chi connectivity index (χ0) is 17.3. The molecule has 5 nitrogen and oxygen atoms in total. The van der Waals surface area contributed by atoms with Crippen LogP contribution in [0.3, 0.4) is 0 Å². The third-order valence-corrected chi connectivity index (χ3v) is 7.04. The van der Waals surface area contributed by atoms with Gasteiger partial charge in [-0.05, 0) is 36.8 Å². The molecule has 3 heterocycles. The molecule has 24 heavy (non-hydrogen) atoms. The lowest BCUT2D eigenvalue weighted by Crippen LogP contribution is -2.39. The summed E-state index contributed by atoms with van der Waals surface area (Å²) in [4.78, 5) is 3.66. The van der Waals surface area contributed by atoms with Gasteiger partial charge in [0.25, 0.3) is 0 Å². The van der Waals surface area contributed by atoms with Gasteiger partial charge >= 0.3 is 0 Å². The normalized spacial score (nSPS) is 21.2. The molecule has 0 bridgehead atoms. The number of likely N-dealkylation sites (tertiary alicyclic amines) is 1. The van der Waals surface area contributed by atoms with Gasteiger partial charge in [0.1, 0.15) is 6.10 Å². The molecular formula is C17H28N2O3S2. The highest BCUT2D eigenvalue weighted by Crippen LogP contribution is 2.35. The average Bonchev–Trinajstić information content (AvgIpc) is 2.89. The van der Waals surface area contributed by atoms with Gasteiger partial charge in [0, 0.05) is 37.6 Å². The summed E-state index contributed by atoms with van der Waals surface area (Å²) in [5.74, 6) is 0.712. The Labute approximate surface area is 149 Å². The number of nitrogens with zero attached hydrogens (tertiary/aromatic N) is 2. The van der Waals surface area contributed by atoms with E-state index >= 15 is 0 Å². The Kier molecular flexibility index (Phi) is 5.54. The van der Waals surface area contributed by atoms with Gasteiger partial charge in [0.05, 0.1) is 6.26 Å². The predicted octanol–water partition coefficient (Wildman–Crippen LogP) is 2.57. The first-order valence-corrected chi connectivity index (χ1v) is 11.4. The van der Waals surface area contributed by atoms with Crippen molar-refractivity contribution in [3.8, 4) is 5.06 Å². The Morgan fingerprint density at radius 3 is 2.62 bits per heavy atom. The molecule has 3 rings (SSSR count). The van der Waals surface area contributed by atoms with Crippen LogP contribution in [0.2, 0.25) is 0 Å². The van der Waals surface area contributed by atoms with Gasteiger partial charge in [-0.15, -0.1) is 11.3 Å². The van der Waals surface area contributed by atoms with E-state index in [1.807, 2.05) is 0 Å². The van der Waals surface area contributed by atoms with Crippen LogP contribution in [0.4, 0.5) is 0 Å². The molecule has 0 radical (unpaired) electrons. The Morgan fingerprint density at radius 2 is 2.00 bits per heavy atom. The first kappa shape index (κ1) is 18.2. The number of hydrogen-bond acceptors (Lipinski definition) is 5. The van der Waals surface area contributed by atoms with E-state index in [0.29, 0.717) is 25.1 Å². The fraction of sp³-hybridized carbons (Fsp3) is 0.765. The van der Waals surface area contributed by atoms with Crippen LogP contribution >= 0.6 is 11.3 Å². The number of piperidine rings is 1. The summed E-state index contributed by atoms with van der Waals surface area (Å²) >= 11 is 1.62. The molecule has 0 atom stereocenters. The zero-order valence-electron chi connectivity index (χ0n) is 14.8. The van der Waals surface area contributed by atoms with Crippen LogP contribution < -0.4 is 4.74 Å². The van der Waals surface area contributed by atoms with E-state index in [4.69, 9.17) is 4.74 Å². The number of hydrogen-bond donors (Lipinski definition) is 0. The van der Waals surface area contributed by atoms with Gasteiger partial charge in [-0.3, -0.25) is 0 Å². The Balaban J connectivity index is 1.56. The summed E-state index contributed by atoms with van der Waals surface area (Å²) in [7, 11) is -3.11. The molecule has 2 aliphatic rings. The molecule has 0 aliphatic carbocycles. The average molecular weight is 373 g/mol. The van der Waals surface area contributed by atoms with Crippen molar-refractivity contribution in [2.24, 2.45) is 5.92 Å². The number of thiophene rings is 1. The van der Waals surface area contributed by atoms with Gasteiger partial charge in [-0.2, -0.15) is 4.31 Å². The number of ether oxygens (including phenoxy) is 1. The molecule has 0 saturated carbocycles. The molecule has 0 aromatic carbocycles. The van der Waals surface area contributed by atoms with E-state index in [-0.39, 0.29) is 0 Å². The van der Waals surface area contributed by atoms with E-state index in [1.54, 1.807) is 15.6 Å². The quantitative estimate of drug-likeness (QED) is 0.797. The summed E-state index contributed by atoms with van der Waals surface area (Å²) in [6, 6.07) is 2.13. The molecule has 0 amide bonds. The molecule has 0 unspecified atom stereocenters. The molecule has 1 saturated heterocycles. The second-order valence-electron chi connectivity index (χ2n) is 7.37. The monoisotopic (exact) mass is 372 g/mol. The van der Waals surface area contributed by atoms with Gasteiger partial charge in [-0.25, -0.2) is 8.42 Å². The van der Waals surface area contributed by atoms with Crippen LogP contribution in [0.5, 0.6) is 5.06 Å². The summed E-state index contributed by atoms with van der Waals surface area (Å²) in [5.41, 5.74) is 1.26. The maximum Gasteiger partial charge on any atom is 0.211 e. The van der Waals surface area contributed by atoms with Crippen LogP contribution in [-0.2, 0) is 23.0 Å². The maximum atomic E-state index is 11.7. The van der Waals surface area contributed by atoms with Crippen LogP contribution in [0, 0.1) is 5.92 Å². The number of rotatable bonds is 5. The van der Waals surface area contributed by atoms with Crippen molar-refractivity contribution in [1.29, 1.82) is 0 Å². The fourth-order valence-electron chi connectivity index (χ4n) is 3.50. The first-order chi connectivity index (χ1) is 11.3. The smallest absolute Gasteiger partial charge is 0.211 e. The Hall–Kier alpha value is -0.630. The van der Waals surface area contributed by atoms with Crippen molar-refractivity contribution < 1.29 is 13.2 Å². The lowest BCUT2D eigenvalue weighted by Gasteiger charge is -2.32. The van der Waals surface area contributed by atoms with Crippen LogP contribution in [0.1, 0.15) is 37.1 Å². The standard InChI is InChI=1S/C17H28N2O3S2/c1-13(2)11-18-7-5-15(6-8-18)22-17-10-14-4-9-19(24(3,20)21)12-16(14)23-17/h10,13,15H,4-9,11-12H2,1-3H3. The molecule has 1 aromatic heterocycles. The van der Waals surface area contributed by atoms with E-state index in [0.717, 1.165) is 42.3 Å². The van der Waals surface area contributed by atoms with E-state index in [1.165, 1.54) is 18.4 Å². The van der Waals surface area contributed by atoms with Crippen molar-refractivity contribution in [2.75, 3.05) is 32.4 Å². The second-order valence-corrected chi connectivity index (χ2v) is 10.5. The lowest BCUT2D eigenvalue weighted by molar-refractivity contribution is 0.0969. The van der Waals surface area contributed by atoms with Crippen molar-refractivity contribution >= 4 is 21.4 Å². The predicted molar refractivity (Wildman–Crippen MR) is 98.2 cm³/mol. The number of sulfonamides is 1. The van der Waals surface area contributed by atoms with Crippen molar-refractivity contribution in [1.82, 2.24) is 9.21 Å². The summed E-state index contributed by atoms with van der Waals surface area (Å²) in [6.07, 6.45) is 4.51. The number of fused-ring (bicyclic) bond motifs is 1. The molecule has 136 valence electrons. The maximum absolute atomic E-state index is 11.7. The van der Waals surface area contributed by atoms with Gasteiger partial charge in [0.15, 0.2) is 5.06 Å². The first-order valence-electron chi connectivity index (χ1n) is 8.77. The molecule has 0 spiro atoms. The minimum atomic E-state index is -3.11. The summed E-state index contributed by atoms with van der Waals surface area (Å²) in [6.45, 7) is 8.98. The molecule has 7 heteroatoms. The summed E-state index contributed by atoms with van der Waals surface area (Å²) in [5, 5.41) is 0.956. The van der Waals surface area contributed by atoms with E-state index < -0.39 is 10.0 Å². The van der Waals surface area contributed by atoms with Crippen molar-refractivity contribution in [3.63, 3.8) is 0 Å². The third-order valence-electron chi connectivity index (χ3n) is 4.73. The highest BCUT2D eigenvalue weighted by atomic mass is 32.2. The minimum Gasteiger partial charge on any atom is -0.481 e. The molecular weight excluding hydrogens is 344 g/mol. The van der Waals surface area contributed by atoms with Crippen molar-refractivity contribution in [2.45, 2.75) is 45.8 Å².